The van der Waals surface area contributed by atoms with Crippen LogP contribution in [0.5, 0.6) is 0 Å². The number of benzene rings is 1. The molecule has 6 heteroatoms. The van der Waals surface area contributed by atoms with E-state index in [1.54, 1.807) is 6.07 Å². The Balaban J connectivity index is 2.29. The van der Waals surface area contributed by atoms with Crippen molar-refractivity contribution in [2.45, 2.75) is 12.8 Å². The highest BCUT2D eigenvalue weighted by Crippen LogP contribution is 2.33. The monoisotopic (exact) mass is 314 g/mol. The molecule has 1 N–H and O–H groups in total. The molecule has 0 saturated carbocycles. The lowest BCUT2D eigenvalue weighted by Crippen LogP contribution is -2.37. The minimum absolute atomic E-state index is 0.114. The zero-order valence-corrected chi connectivity index (χ0v) is 11.5. The first kappa shape index (κ1) is 13.3. The van der Waals surface area contributed by atoms with E-state index in [1.807, 2.05) is 11.0 Å². The summed E-state index contributed by atoms with van der Waals surface area (Å²) in [6.07, 6.45) is 1.94. The number of nitrogens with zero attached hydrogens (tertiary/aromatic N) is 2. The molecule has 5 nitrogen and oxygen atoms in total. The third kappa shape index (κ3) is 2.81. The van der Waals surface area contributed by atoms with Crippen molar-refractivity contribution in [3.05, 3.63) is 32.8 Å². The molecule has 0 radical (unpaired) electrons. The van der Waals surface area contributed by atoms with Gasteiger partial charge >= 0.3 is 0 Å². The molecule has 1 aromatic carbocycles. The second-order valence-corrected chi connectivity index (χ2v) is 5.44. The quantitative estimate of drug-likeness (QED) is 0.688. The van der Waals surface area contributed by atoms with E-state index in [0.29, 0.717) is 16.7 Å². The first-order valence-corrected chi connectivity index (χ1v) is 6.71. The Bertz CT molecular complexity index is 453. The summed E-state index contributed by atoms with van der Waals surface area (Å²) in [7, 11) is 0. The molecule has 1 saturated heterocycles. The van der Waals surface area contributed by atoms with Crippen LogP contribution in [0.1, 0.15) is 12.8 Å². The van der Waals surface area contributed by atoms with E-state index in [1.165, 1.54) is 6.07 Å². The summed E-state index contributed by atoms with van der Waals surface area (Å²) in [5, 5.41) is 20.3. The molecular weight excluding hydrogens is 300 g/mol. The maximum Gasteiger partial charge on any atom is 0.293 e. The molecule has 0 spiro atoms. The number of nitro groups is 1. The first-order valence-electron chi connectivity index (χ1n) is 5.91. The van der Waals surface area contributed by atoms with Crippen molar-refractivity contribution >= 4 is 27.3 Å². The van der Waals surface area contributed by atoms with Crippen molar-refractivity contribution in [2.75, 3.05) is 24.6 Å². The molecule has 1 aromatic rings. The van der Waals surface area contributed by atoms with Crippen LogP contribution in [0.25, 0.3) is 0 Å². The third-order valence-corrected chi connectivity index (χ3v) is 3.75. The van der Waals surface area contributed by atoms with Gasteiger partial charge in [0, 0.05) is 30.2 Å². The van der Waals surface area contributed by atoms with Gasteiger partial charge in [0.25, 0.3) is 5.69 Å². The van der Waals surface area contributed by atoms with Gasteiger partial charge in [-0.1, -0.05) is 15.9 Å². The first-order chi connectivity index (χ1) is 8.61. The van der Waals surface area contributed by atoms with Crippen molar-refractivity contribution in [1.29, 1.82) is 0 Å². The lowest BCUT2D eigenvalue weighted by molar-refractivity contribution is -0.384. The third-order valence-electron chi connectivity index (χ3n) is 3.25. The molecule has 0 bridgehead atoms. The minimum Gasteiger partial charge on any atom is -0.396 e. The molecule has 0 aromatic heterocycles. The largest absolute Gasteiger partial charge is 0.396 e. The van der Waals surface area contributed by atoms with Crippen molar-refractivity contribution in [2.24, 2.45) is 5.92 Å². The normalized spacial score (nSPS) is 19.9. The van der Waals surface area contributed by atoms with Crippen LogP contribution in [-0.4, -0.2) is 29.7 Å². The second kappa shape index (κ2) is 5.67. The fourth-order valence-corrected chi connectivity index (χ4v) is 2.69. The number of anilines is 1. The maximum atomic E-state index is 11.1. The fourth-order valence-electron chi connectivity index (χ4n) is 2.34. The molecule has 0 aliphatic carbocycles. The molecule has 98 valence electrons. The van der Waals surface area contributed by atoms with Crippen molar-refractivity contribution < 1.29 is 10.0 Å². The average molecular weight is 315 g/mol. The van der Waals surface area contributed by atoms with Crippen LogP contribution < -0.4 is 4.90 Å². The van der Waals surface area contributed by atoms with E-state index in [4.69, 9.17) is 0 Å². The van der Waals surface area contributed by atoms with Crippen molar-refractivity contribution in [3.8, 4) is 0 Å². The topological polar surface area (TPSA) is 66.6 Å². The van der Waals surface area contributed by atoms with Gasteiger partial charge in [-0.05, 0) is 30.9 Å². The van der Waals surface area contributed by atoms with E-state index in [9.17, 15) is 15.2 Å². The number of hydrogen-bond acceptors (Lipinski definition) is 4. The molecule has 1 aliphatic heterocycles. The highest BCUT2D eigenvalue weighted by atomic mass is 79.9. The predicted molar refractivity (Wildman–Crippen MR) is 72.8 cm³/mol. The molecule has 1 fully saturated rings. The van der Waals surface area contributed by atoms with Crippen LogP contribution in [0.15, 0.2) is 22.7 Å². The number of aliphatic hydroxyl groups excluding tert-OH is 1. The second-order valence-electron chi connectivity index (χ2n) is 4.53. The van der Waals surface area contributed by atoms with Crippen LogP contribution in [0.2, 0.25) is 0 Å². The Morgan fingerprint density at radius 2 is 2.33 bits per heavy atom. The summed E-state index contributed by atoms with van der Waals surface area (Å²) in [5.74, 6) is 0.210. The lowest BCUT2D eigenvalue weighted by atomic mass is 9.98. The zero-order valence-electron chi connectivity index (χ0n) is 9.88. The molecule has 18 heavy (non-hydrogen) atoms. The number of hydrogen-bond donors (Lipinski definition) is 1. The minimum atomic E-state index is -0.358. The van der Waals surface area contributed by atoms with Gasteiger partial charge in [0.2, 0.25) is 0 Å². The molecule has 1 heterocycles. The molecule has 2 rings (SSSR count). The Morgan fingerprint density at radius 3 is 3.00 bits per heavy atom. The number of nitro benzene ring substituents is 1. The SMILES string of the molecule is O=[N+]([O-])c1cc(Br)ccc1N1CCC[C@@H](CO)C1. The zero-order chi connectivity index (χ0) is 13.1. The predicted octanol–water partition coefficient (Wildman–Crippen LogP) is 2.57. The fraction of sp³-hybridized carbons (Fsp3) is 0.500. The summed E-state index contributed by atoms with van der Waals surface area (Å²) < 4.78 is 0.702. The molecular formula is C12H15BrN2O3. The number of rotatable bonds is 3. The van der Waals surface area contributed by atoms with E-state index in [0.717, 1.165) is 19.4 Å². The van der Waals surface area contributed by atoms with Crippen LogP contribution in [-0.2, 0) is 0 Å². The summed E-state index contributed by atoms with van der Waals surface area (Å²) in [4.78, 5) is 12.7. The highest BCUT2D eigenvalue weighted by molar-refractivity contribution is 9.10. The van der Waals surface area contributed by atoms with E-state index in [-0.39, 0.29) is 23.1 Å². The van der Waals surface area contributed by atoms with E-state index >= 15 is 0 Å². The molecule has 1 atom stereocenters. The number of halogens is 1. The molecule has 1 aliphatic rings. The Hall–Kier alpha value is -1.14. The standard InChI is InChI=1S/C12H15BrN2O3/c13-10-3-4-11(12(6-10)15(17)18)14-5-1-2-9(7-14)8-16/h3-4,6,9,16H,1-2,5,7-8H2/t9-/m1/s1. The van der Waals surface area contributed by atoms with E-state index in [2.05, 4.69) is 15.9 Å². The van der Waals surface area contributed by atoms with Gasteiger partial charge < -0.3 is 10.0 Å². The lowest BCUT2D eigenvalue weighted by Gasteiger charge is -2.33. The maximum absolute atomic E-state index is 11.1. The molecule has 0 unspecified atom stereocenters. The van der Waals surface area contributed by atoms with Gasteiger partial charge in [0.15, 0.2) is 0 Å². The van der Waals surface area contributed by atoms with Gasteiger partial charge in [0.1, 0.15) is 5.69 Å². The van der Waals surface area contributed by atoms with Crippen LogP contribution in [0.3, 0.4) is 0 Å². The Morgan fingerprint density at radius 1 is 1.56 bits per heavy atom. The average Bonchev–Trinajstić information content (AvgIpc) is 2.38. The van der Waals surface area contributed by atoms with Crippen LogP contribution in [0, 0.1) is 16.0 Å². The van der Waals surface area contributed by atoms with Gasteiger partial charge in [0.05, 0.1) is 4.92 Å². The van der Waals surface area contributed by atoms with Crippen LogP contribution in [0.4, 0.5) is 11.4 Å². The highest BCUT2D eigenvalue weighted by Gasteiger charge is 2.25. The summed E-state index contributed by atoms with van der Waals surface area (Å²) >= 11 is 3.25. The van der Waals surface area contributed by atoms with Crippen molar-refractivity contribution in [3.63, 3.8) is 0 Å². The van der Waals surface area contributed by atoms with Gasteiger partial charge in [-0.15, -0.1) is 0 Å². The summed E-state index contributed by atoms with van der Waals surface area (Å²) in [5.41, 5.74) is 0.754. The summed E-state index contributed by atoms with van der Waals surface area (Å²) in [6.45, 7) is 1.62. The van der Waals surface area contributed by atoms with Gasteiger partial charge in [-0.25, -0.2) is 0 Å². The van der Waals surface area contributed by atoms with Gasteiger partial charge in [-0.2, -0.15) is 0 Å². The Labute approximate surface area is 114 Å². The smallest absolute Gasteiger partial charge is 0.293 e. The number of aliphatic hydroxyl groups is 1. The number of piperidine rings is 1. The van der Waals surface area contributed by atoms with Gasteiger partial charge in [-0.3, -0.25) is 10.1 Å². The Kier molecular flexibility index (Phi) is 4.19. The molecule has 0 amide bonds. The van der Waals surface area contributed by atoms with Crippen molar-refractivity contribution in [1.82, 2.24) is 0 Å². The summed E-state index contributed by atoms with van der Waals surface area (Å²) in [6, 6.07) is 5.10. The van der Waals surface area contributed by atoms with Crippen LogP contribution >= 0.6 is 15.9 Å². The van der Waals surface area contributed by atoms with E-state index < -0.39 is 0 Å².